The van der Waals surface area contributed by atoms with Crippen LogP contribution >= 0.6 is 0 Å². The Morgan fingerprint density at radius 3 is 2.58 bits per heavy atom. The van der Waals surface area contributed by atoms with Gasteiger partial charge in [-0.05, 0) is 37.3 Å². The number of para-hydroxylation sites is 1. The maximum absolute atomic E-state index is 13.0. The van der Waals surface area contributed by atoms with E-state index in [1.807, 2.05) is 37.3 Å². The fourth-order valence-corrected chi connectivity index (χ4v) is 4.60. The third-order valence-corrected chi connectivity index (χ3v) is 6.45. The predicted molar refractivity (Wildman–Crippen MR) is 99.8 cm³/mol. The normalized spacial score (nSPS) is 18.5. The lowest BCUT2D eigenvalue weighted by Crippen LogP contribution is -2.46. The van der Waals surface area contributed by atoms with Crippen LogP contribution in [-0.2, 0) is 14.8 Å². The van der Waals surface area contributed by atoms with Crippen LogP contribution in [-0.4, -0.2) is 51.5 Å². The molecule has 3 rings (SSSR count). The molecule has 0 bridgehead atoms. The molecule has 0 aromatic heterocycles. The summed E-state index contributed by atoms with van der Waals surface area (Å²) < 4.78 is 32.7. The Bertz CT molecular complexity index is 883. The van der Waals surface area contributed by atoms with E-state index in [9.17, 15) is 13.2 Å². The van der Waals surface area contributed by atoms with Crippen LogP contribution in [0, 0.1) is 0 Å². The molecule has 1 aliphatic heterocycles. The standard InChI is InChI=1S/C19H22N2O4S/c1-15-14-25-12-11-21(15)26(23,24)18-10-6-7-16(13-18)19(22)20(2)17-8-4-3-5-9-17/h3-10,13,15H,11-12,14H2,1-2H3. The van der Waals surface area contributed by atoms with E-state index in [-0.39, 0.29) is 16.8 Å². The highest BCUT2D eigenvalue weighted by Crippen LogP contribution is 2.22. The molecular weight excluding hydrogens is 352 g/mol. The minimum atomic E-state index is -3.67. The van der Waals surface area contributed by atoms with Crippen molar-refractivity contribution in [2.75, 3.05) is 31.7 Å². The summed E-state index contributed by atoms with van der Waals surface area (Å²) in [5.74, 6) is -0.261. The summed E-state index contributed by atoms with van der Waals surface area (Å²) in [4.78, 5) is 14.4. The summed E-state index contributed by atoms with van der Waals surface area (Å²) in [7, 11) is -2.01. The molecule has 2 aromatic carbocycles. The Morgan fingerprint density at radius 1 is 1.15 bits per heavy atom. The molecule has 2 aromatic rings. The summed E-state index contributed by atoms with van der Waals surface area (Å²) in [6, 6.07) is 15.2. The number of sulfonamides is 1. The SMILES string of the molecule is CC1COCCN1S(=O)(=O)c1cccc(C(=O)N(C)c2ccccc2)c1. The first kappa shape index (κ1) is 18.6. The molecule has 0 spiro atoms. The number of ether oxygens (including phenoxy) is 1. The van der Waals surface area contributed by atoms with Crippen LogP contribution in [0.1, 0.15) is 17.3 Å². The average Bonchev–Trinajstić information content (AvgIpc) is 2.68. The third-order valence-electron chi connectivity index (χ3n) is 4.44. The summed E-state index contributed by atoms with van der Waals surface area (Å²) >= 11 is 0. The number of hydrogen-bond acceptors (Lipinski definition) is 4. The molecule has 0 saturated carbocycles. The summed E-state index contributed by atoms with van der Waals surface area (Å²) in [5.41, 5.74) is 1.07. The molecule has 1 unspecified atom stereocenters. The zero-order valence-electron chi connectivity index (χ0n) is 14.8. The van der Waals surface area contributed by atoms with Crippen molar-refractivity contribution in [2.24, 2.45) is 0 Å². The second kappa shape index (κ2) is 7.57. The summed E-state index contributed by atoms with van der Waals surface area (Å²) in [5, 5.41) is 0. The van der Waals surface area contributed by atoms with E-state index in [1.54, 1.807) is 19.2 Å². The minimum absolute atomic E-state index is 0.124. The number of amides is 1. The van der Waals surface area contributed by atoms with Crippen LogP contribution in [0.2, 0.25) is 0 Å². The molecule has 7 heteroatoms. The smallest absolute Gasteiger partial charge is 0.258 e. The van der Waals surface area contributed by atoms with Crippen LogP contribution in [0.5, 0.6) is 0 Å². The molecular formula is C19H22N2O4S. The quantitative estimate of drug-likeness (QED) is 0.824. The van der Waals surface area contributed by atoms with Gasteiger partial charge in [-0.2, -0.15) is 4.31 Å². The molecule has 1 fully saturated rings. The Labute approximate surface area is 154 Å². The van der Waals surface area contributed by atoms with Gasteiger partial charge in [-0.3, -0.25) is 4.79 Å². The van der Waals surface area contributed by atoms with Gasteiger partial charge in [-0.25, -0.2) is 8.42 Å². The number of morpholine rings is 1. The van der Waals surface area contributed by atoms with E-state index < -0.39 is 10.0 Å². The fraction of sp³-hybridized carbons (Fsp3) is 0.316. The lowest BCUT2D eigenvalue weighted by Gasteiger charge is -2.32. The van der Waals surface area contributed by atoms with Gasteiger partial charge in [0, 0.05) is 30.9 Å². The number of anilines is 1. The first-order valence-electron chi connectivity index (χ1n) is 8.44. The molecule has 1 amide bonds. The van der Waals surface area contributed by atoms with E-state index in [1.165, 1.54) is 21.3 Å². The summed E-state index contributed by atoms with van der Waals surface area (Å²) in [6.07, 6.45) is 0. The highest BCUT2D eigenvalue weighted by Gasteiger charge is 2.32. The van der Waals surface area contributed by atoms with E-state index in [4.69, 9.17) is 4.74 Å². The second-order valence-corrected chi connectivity index (χ2v) is 8.16. The van der Waals surface area contributed by atoms with Gasteiger partial charge in [0.1, 0.15) is 0 Å². The van der Waals surface area contributed by atoms with Gasteiger partial charge in [-0.1, -0.05) is 24.3 Å². The van der Waals surface area contributed by atoms with Crippen LogP contribution < -0.4 is 4.90 Å². The molecule has 1 saturated heterocycles. The lowest BCUT2D eigenvalue weighted by molar-refractivity contribution is 0.0393. The van der Waals surface area contributed by atoms with Crippen molar-refractivity contribution in [3.63, 3.8) is 0 Å². The fourth-order valence-electron chi connectivity index (χ4n) is 2.96. The van der Waals surface area contributed by atoms with Crippen molar-refractivity contribution in [2.45, 2.75) is 17.9 Å². The van der Waals surface area contributed by atoms with Crippen molar-refractivity contribution in [3.8, 4) is 0 Å². The highest BCUT2D eigenvalue weighted by atomic mass is 32.2. The minimum Gasteiger partial charge on any atom is -0.378 e. The number of rotatable bonds is 4. The van der Waals surface area contributed by atoms with Crippen molar-refractivity contribution >= 4 is 21.6 Å². The first-order valence-corrected chi connectivity index (χ1v) is 9.88. The first-order chi connectivity index (χ1) is 12.4. The van der Waals surface area contributed by atoms with Crippen LogP contribution in [0.3, 0.4) is 0 Å². The number of benzene rings is 2. The van der Waals surface area contributed by atoms with Gasteiger partial charge in [0.25, 0.3) is 5.91 Å². The van der Waals surface area contributed by atoms with Crippen molar-refractivity contribution in [1.29, 1.82) is 0 Å². The van der Waals surface area contributed by atoms with Crippen LogP contribution in [0.25, 0.3) is 0 Å². The largest absolute Gasteiger partial charge is 0.378 e. The van der Waals surface area contributed by atoms with Gasteiger partial charge >= 0.3 is 0 Å². The van der Waals surface area contributed by atoms with E-state index >= 15 is 0 Å². The van der Waals surface area contributed by atoms with Crippen molar-refractivity contribution in [1.82, 2.24) is 4.31 Å². The van der Waals surface area contributed by atoms with Gasteiger partial charge < -0.3 is 9.64 Å². The maximum atomic E-state index is 13.0. The molecule has 1 heterocycles. The molecule has 138 valence electrons. The van der Waals surface area contributed by atoms with Gasteiger partial charge in [0.2, 0.25) is 10.0 Å². The van der Waals surface area contributed by atoms with Crippen LogP contribution in [0.4, 0.5) is 5.69 Å². The summed E-state index contributed by atoms with van der Waals surface area (Å²) in [6.45, 7) is 2.87. The molecule has 26 heavy (non-hydrogen) atoms. The number of hydrogen-bond donors (Lipinski definition) is 0. The molecule has 0 aliphatic carbocycles. The number of nitrogens with zero attached hydrogens (tertiary/aromatic N) is 2. The van der Waals surface area contributed by atoms with E-state index in [0.717, 1.165) is 5.69 Å². The Hall–Kier alpha value is -2.22. The molecule has 0 radical (unpaired) electrons. The monoisotopic (exact) mass is 374 g/mol. The predicted octanol–water partition coefficient (Wildman–Crippen LogP) is 2.37. The van der Waals surface area contributed by atoms with E-state index in [2.05, 4.69) is 0 Å². The molecule has 1 atom stereocenters. The highest BCUT2D eigenvalue weighted by molar-refractivity contribution is 7.89. The molecule has 6 nitrogen and oxygen atoms in total. The molecule has 0 N–H and O–H groups in total. The number of carbonyl (C=O) groups excluding carboxylic acids is 1. The Morgan fingerprint density at radius 2 is 1.88 bits per heavy atom. The lowest BCUT2D eigenvalue weighted by atomic mass is 10.2. The topological polar surface area (TPSA) is 66.9 Å². The Balaban J connectivity index is 1.89. The van der Waals surface area contributed by atoms with Gasteiger partial charge in [0.15, 0.2) is 0 Å². The number of carbonyl (C=O) groups is 1. The average molecular weight is 374 g/mol. The van der Waals surface area contributed by atoms with Gasteiger partial charge in [-0.15, -0.1) is 0 Å². The van der Waals surface area contributed by atoms with Gasteiger partial charge in [0.05, 0.1) is 18.1 Å². The zero-order valence-corrected chi connectivity index (χ0v) is 15.6. The van der Waals surface area contributed by atoms with E-state index in [0.29, 0.717) is 25.3 Å². The Kier molecular flexibility index (Phi) is 5.41. The second-order valence-electron chi connectivity index (χ2n) is 6.27. The van der Waals surface area contributed by atoms with Crippen molar-refractivity contribution in [3.05, 3.63) is 60.2 Å². The molecule has 1 aliphatic rings. The van der Waals surface area contributed by atoms with Crippen LogP contribution in [0.15, 0.2) is 59.5 Å². The maximum Gasteiger partial charge on any atom is 0.258 e. The third kappa shape index (κ3) is 3.65. The van der Waals surface area contributed by atoms with Crippen molar-refractivity contribution < 1.29 is 17.9 Å². The zero-order chi connectivity index (χ0) is 18.7.